The summed E-state index contributed by atoms with van der Waals surface area (Å²) in [7, 11) is -3.58. The maximum atomic E-state index is 13.0. The Morgan fingerprint density at radius 2 is 1.82 bits per heavy atom. The van der Waals surface area contributed by atoms with E-state index < -0.39 is 10.0 Å². The van der Waals surface area contributed by atoms with Crippen LogP contribution in [-0.2, 0) is 16.6 Å². The number of fused-ring (bicyclic) bond motifs is 1. The van der Waals surface area contributed by atoms with E-state index in [-0.39, 0.29) is 6.04 Å². The lowest BCUT2D eigenvalue weighted by atomic mass is 10.2. The average Bonchev–Trinajstić information content (AvgIpc) is 2.68. The molecule has 1 heterocycles. The van der Waals surface area contributed by atoms with Gasteiger partial charge in [-0.15, -0.1) is 0 Å². The van der Waals surface area contributed by atoms with Gasteiger partial charge in [-0.05, 0) is 42.8 Å². The number of nitrogens with one attached hydrogen (secondary N) is 1. The first kappa shape index (κ1) is 15.5. The zero-order chi connectivity index (χ0) is 15.7. The second-order valence-corrected chi connectivity index (χ2v) is 8.18. The Balaban J connectivity index is 2.10. The molecule has 1 atom stereocenters. The van der Waals surface area contributed by atoms with Crippen molar-refractivity contribution >= 4 is 31.6 Å². The van der Waals surface area contributed by atoms with Crippen LogP contribution >= 0.6 is 15.9 Å². The molecule has 4 nitrogen and oxygen atoms in total. The second-order valence-electron chi connectivity index (χ2n) is 5.40. The number of hydrogen-bond donors (Lipinski definition) is 1. The Bertz CT molecular complexity index is 775. The smallest absolute Gasteiger partial charge is 0.264 e. The zero-order valence-electron chi connectivity index (χ0n) is 12.2. The van der Waals surface area contributed by atoms with Crippen molar-refractivity contribution in [2.45, 2.75) is 24.4 Å². The summed E-state index contributed by atoms with van der Waals surface area (Å²) >= 11 is 3.34. The van der Waals surface area contributed by atoms with Crippen LogP contribution in [-0.4, -0.2) is 21.0 Å². The molecular formula is C16H17BrN2O2S. The molecule has 0 radical (unpaired) electrons. The Hall–Kier alpha value is -1.37. The SMILES string of the molecule is CC1CN(S(=O)(=O)c2ccc(Br)cc2)c2ccccc2CN1. The average molecular weight is 381 g/mol. The van der Waals surface area contributed by atoms with E-state index in [2.05, 4.69) is 21.2 Å². The summed E-state index contributed by atoms with van der Waals surface area (Å²) in [6.07, 6.45) is 0. The van der Waals surface area contributed by atoms with Gasteiger partial charge in [-0.1, -0.05) is 34.1 Å². The molecule has 1 aliphatic heterocycles. The van der Waals surface area contributed by atoms with Crippen LogP contribution in [0, 0.1) is 0 Å². The van der Waals surface area contributed by atoms with Gasteiger partial charge in [-0.2, -0.15) is 0 Å². The largest absolute Gasteiger partial charge is 0.308 e. The van der Waals surface area contributed by atoms with E-state index in [1.54, 1.807) is 24.3 Å². The Morgan fingerprint density at radius 1 is 1.14 bits per heavy atom. The van der Waals surface area contributed by atoms with Crippen molar-refractivity contribution in [2.24, 2.45) is 0 Å². The fourth-order valence-corrected chi connectivity index (χ4v) is 4.42. The van der Waals surface area contributed by atoms with Crippen molar-refractivity contribution in [3.8, 4) is 0 Å². The van der Waals surface area contributed by atoms with Gasteiger partial charge in [0.15, 0.2) is 0 Å². The van der Waals surface area contributed by atoms with Crippen molar-refractivity contribution < 1.29 is 8.42 Å². The van der Waals surface area contributed by atoms with Crippen LogP contribution in [0.15, 0.2) is 57.9 Å². The van der Waals surface area contributed by atoms with Gasteiger partial charge in [0, 0.05) is 23.6 Å². The molecule has 116 valence electrons. The van der Waals surface area contributed by atoms with Gasteiger partial charge in [0.2, 0.25) is 0 Å². The standard InChI is InChI=1S/C16H17BrN2O2S/c1-12-11-19(16-5-3-2-4-13(16)10-18-12)22(20,21)15-8-6-14(17)7-9-15/h2-9,12,18H,10-11H2,1H3. The lowest BCUT2D eigenvalue weighted by molar-refractivity contribution is 0.556. The summed E-state index contributed by atoms with van der Waals surface area (Å²) in [5, 5.41) is 3.35. The molecule has 2 aromatic rings. The first-order valence-electron chi connectivity index (χ1n) is 7.08. The summed E-state index contributed by atoms with van der Waals surface area (Å²) in [6, 6.07) is 14.5. The van der Waals surface area contributed by atoms with Gasteiger partial charge < -0.3 is 5.32 Å². The van der Waals surface area contributed by atoms with E-state index in [0.717, 1.165) is 15.7 Å². The highest BCUT2D eigenvalue weighted by Crippen LogP contribution is 2.29. The molecule has 0 bridgehead atoms. The van der Waals surface area contributed by atoms with E-state index >= 15 is 0 Å². The van der Waals surface area contributed by atoms with Crippen LogP contribution in [0.1, 0.15) is 12.5 Å². The molecule has 0 saturated carbocycles. The maximum absolute atomic E-state index is 13.0. The first-order valence-corrected chi connectivity index (χ1v) is 9.31. The minimum atomic E-state index is -3.58. The van der Waals surface area contributed by atoms with Crippen LogP contribution in [0.25, 0.3) is 0 Å². The van der Waals surface area contributed by atoms with Gasteiger partial charge >= 0.3 is 0 Å². The monoisotopic (exact) mass is 380 g/mol. The lowest BCUT2D eigenvalue weighted by Gasteiger charge is -2.26. The van der Waals surface area contributed by atoms with E-state index in [1.165, 1.54) is 4.31 Å². The summed E-state index contributed by atoms with van der Waals surface area (Å²) in [5.74, 6) is 0. The topological polar surface area (TPSA) is 49.4 Å². The van der Waals surface area contributed by atoms with Crippen LogP contribution in [0.3, 0.4) is 0 Å². The van der Waals surface area contributed by atoms with Crippen LogP contribution < -0.4 is 9.62 Å². The molecule has 0 aliphatic carbocycles. The van der Waals surface area contributed by atoms with Gasteiger partial charge in [-0.3, -0.25) is 4.31 Å². The molecule has 0 saturated heterocycles. The van der Waals surface area contributed by atoms with Gasteiger partial charge in [-0.25, -0.2) is 8.42 Å². The van der Waals surface area contributed by atoms with Crippen molar-refractivity contribution in [1.29, 1.82) is 0 Å². The number of nitrogens with zero attached hydrogens (tertiary/aromatic N) is 1. The predicted octanol–water partition coefficient (Wildman–Crippen LogP) is 3.14. The Labute approximate surface area is 139 Å². The highest BCUT2D eigenvalue weighted by atomic mass is 79.9. The molecule has 1 unspecified atom stereocenters. The Kier molecular flexibility index (Phi) is 4.25. The fourth-order valence-electron chi connectivity index (χ4n) is 2.56. The van der Waals surface area contributed by atoms with Gasteiger partial charge in [0.05, 0.1) is 10.6 Å². The van der Waals surface area contributed by atoms with Crippen LogP contribution in [0.4, 0.5) is 5.69 Å². The molecule has 1 aliphatic rings. The second kappa shape index (κ2) is 6.02. The van der Waals surface area contributed by atoms with Crippen molar-refractivity contribution in [3.63, 3.8) is 0 Å². The van der Waals surface area contributed by atoms with Crippen molar-refractivity contribution in [3.05, 3.63) is 58.6 Å². The zero-order valence-corrected chi connectivity index (χ0v) is 14.6. The number of para-hydroxylation sites is 1. The third-order valence-corrected chi connectivity index (χ3v) is 6.07. The van der Waals surface area contributed by atoms with Crippen LogP contribution in [0.5, 0.6) is 0 Å². The number of rotatable bonds is 2. The summed E-state index contributed by atoms with van der Waals surface area (Å²) in [6.45, 7) is 3.08. The maximum Gasteiger partial charge on any atom is 0.264 e. The van der Waals surface area contributed by atoms with Gasteiger partial charge in [0.25, 0.3) is 10.0 Å². The summed E-state index contributed by atoms with van der Waals surface area (Å²) in [5.41, 5.74) is 1.75. The highest BCUT2D eigenvalue weighted by Gasteiger charge is 2.29. The highest BCUT2D eigenvalue weighted by molar-refractivity contribution is 9.10. The number of hydrogen-bond acceptors (Lipinski definition) is 3. The van der Waals surface area contributed by atoms with E-state index in [9.17, 15) is 8.42 Å². The minimum Gasteiger partial charge on any atom is -0.308 e. The number of anilines is 1. The quantitative estimate of drug-likeness (QED) is 0.870. The van der Waals surface area contributed by atoms with E-state index in [4.69, 9.17) is 0 Å². The third kappa shape index (κ3) is 2.91. The van der Waals surface area contributed by atoms with E-state index in [0.29, 0.717) is 18.0 Å². The molecule has 0 aromatic heterocycles. The van der Waals surface area contributed by atoms with Gasteiger partial charge in [0.1, 0.15) is 0 Å². The summed E-state index contributed by atoms with van der Waals surface area (Å²) < 4.78 is 28.5. The molecule has 1 N–H and O–H groups in total. The Morgan fingerprint density at radius 3 is 2.55 bits per heavy atom. The van der Waals surface area contributed by atoms with Crippen molar-refractivity contribution in [1.82, 2.24) is 5.32 Å². The molecule has 0 amide bonds. The molecular weight excluding hydrogens is 364 g/mol. The van der Waals surface area contributed by atoms with E-state index in [1.807, 2.05) is 31.2 Å². The number of sulfonamides is 1. The number of benzene rings is 2. The predicted molar refractivity (Wildman–Crippen MR) is 91.4 cm³/mol. The minimum absolute atomic E-state index is 0.0811. The molecule has 2 aromatic carbocycles. The molecule has 22 heavy (non-hydrogen) atoms. The number of halogens is 1. The molecule has 0 spiro atoms. The van der Waals surface area contributed by atoms with Crippen LogP contribution in [0.2, 0.25) is 0 Å². The molecule has 0 fully saturated rings. The molecule has 3 rings (SSSR count). The normalized spacial score (nSPS) is 18.6. The fraction of sp³-hybridized carbons (Fsp3) is 0.250. The van der Waals surface area contributed by atoms with Crippen molar-refractivity contribution in [2.75, 3.05) is 10.8 Å². The summed E-state index contributed by atoms with van der Waals surface area (Å²) in [4.78, 5) is 0.305. The first-order chi connectivity index (χ1) is 10.5. The third-order valence-electron chi connectivity index (χ3n) is 3.74. The lowest BCUT2D eigenvalue weighted by Crippen LogP contribution is -2.39. The molecule has 6 heteroatoms.